The summed E-state index contributed by atoms with van der Waals surface area (Å²) in [5.41, 5.74) is 4.99. The van der Waals surface area contributed by atoms with Crippen LogP contribution in [0.2, 0.25) is 0 Å². The lowest BCUT2D eigenvalue weighted by atomic mass is 9.85. The van der Waals surface area contributed by atoms with E-state index < -0.39 is 0 Å². The van der Waals surface area contributed by atoms with E-state index in [1.165, 1.54) is 12.5 Å². The molecule has 2 N–H and O–H groups in total. The van der Waals surface area contributed by atoms with Gasteiger partial charge in [0.25, 0.3) is 0 Å². The van der Waals surface area contributed by atoms with E-state index in [1.807, 2.05) is 59.5 Å². The van der Waals surface area contributed by atoms with Crippen molar-refractivity contribution in [3.8, 4) is 16.9 Å². The number of nitrogens with zero attached hydrogens (tertiary/aromatic N) is 1. The summed E-state index contributed by atoms with van der Waals surface area (Å²) in [6.07, 6.45) is 0.792. The third-order valence-corrected chi connectivity index (χ3v) is 7.14. The predicted molar refractivity (Wildman–Crippen MR) is 155 cm³/mol. The van der Waals surface area contributed by atoms with Crippen LogP contribution in [0.25, 0.3) is 11.1 Å². The molecule has 3 aromatic carbocycles. The Morgan fingerprint density at radius 1 is 0.949 bits per heavy atom. The molecule has 206 valence electrons. The van der Waals surface area contributed by atoms with Crippen molar-refractivity contribution in [2.45, 2.75) is 38.8 Å². The standard InChI is InChI=1S/C31H35N3O4.ClH/c1-21(35)23-9-11-24(12-10-23)26-13-14-30(38-3)27(17-26)18-33-29-15-16-34(31(37)19-32-22(2)36)20-28(29)25-7-5-4-6-8-25;/h4-14,17,28-29,33H,15-16,18-20H2,1-3H3,(H,32,36);1H/t28-,29-;/m0./s1. The van der Waals surface area contributed by atoms with Gasteiger partial charge in [0.15, 0.2) is 5.78 Å². The number of ketones is 1. The second-order valence-electron chi connectivity index (χ2n) is 9.70. The summed E-state index contributed by atoms with van der Waals surface area (Å²) >= 11 is 0. The lowest BCUT2D eigenvalue weighted by molar-refractivity contribution is -0.133. The van der Waals surface area contributed by atoms with Gasteiger partial charge < -0.3 is 20.3 Å². The van der Waals surface area contributed by atoms with Gasteiger partial charge >= 0.3 is 0 Å². The maximum atomic E-state index is 12.7. The number of methoxy groups -OCH3 is 1. The van der Waals surface area contributed by atoms with E-state index in [-0.39, 0.29) is 48.5 Å². The summed E-state index contributed by atoms with van der Waals surface area (Å²) in [5.74, 6) is 0.692. The minimum Gasteiger partial charge on any atom is -0.496 e. The summed E-state index contributed by atoms with van der Waals surface area (Å²) in [6, 6.07) is 24.2. The lowest BCUT2D eigenvalue weighted by Gasteiger charge is -2.39. The molecule has 0 spiro atoms. The van der Waals surface area contributed by atoms with Gasteiger partial charge in [-0.2, -0.15) is 0 Å². The van der Waals surface area contributed by atoms with Gasteiger partial charge in [-0.15, -0.1) is 12.4 Å². The van der Waals surface area contributed by atoms with Crippen molar-refractivity contribution in [2.24, 2.45) is 0 Å². The molecule has 1 aliphatic heterocycles. The number of hydrogen-bond donors (Lipinski definition) is 2. The number of halogens is 1. The molecule has 3 aromatic rings. The number of benzene rings is 3. The molecular formula is C31H36ClN3O4. The molecule has 1 fully saturated rings. The molecular weight excluding hydrogens is 514 g/mol. The highest BCUT2D eigenvalue weighted by Gasteiger charge is 2.32. The fourth-order valence-electron chi connectivity index (χ4n) is 5.01. The lowest BCUT2D eigenvalue weighted by Crippen LogP contribution is -2.51. The van der Waals surface area contributed by atoms with E-state index in [0.717, 1.165) is 28.9 Å². The van der Waals surface area contributed by atoms with Crippen LogP contribution in [0, 0.1) is 0 Å². The van der Waals surface area contributed by atoms with Crippen LogP contribution in [0.4, 0.5) is 0 Å². The minimum absolute atomic E-state index is 0. The Morgan fingerprint density at radius 3 is 2.28 bits per heavy atom. The van der Waals surface area contributed by atoms with Crippen molar-refractivity contribution in [1.29, 1.82) is 0 Å². The Bertz CT molecular complexity index is 1280. The largest absolute Gasteiger partial charge is 0.496 e. The van der Waals surface area contributed by atoms with Crippen LogP contribution in [-0.4, -0.2) is 55.3 Å². The molecule has 0 unspecified atom stereocenters. The quantitative estimate of drug-likeness (QED) is 0.381. The van der Waals surface area contributed by atoms with Gasteiger partial charge in [0.2, 0.25) is 11.8 Å². The van der Waals surface area contributed by atoms with Crippen LogP contribution in [0.1, 0.15) is 47.7 Å². The molecule has 0 saturated carbocycles. The maximum Gasteiger partial charge on any atom is 0.241 e. The smallest absolute Gasteiger partial charge is 0.241 e. The summed E-state index contributed by atoms with van der Waals surface area (Å²) in [5, 5.41) is 6.36. The van der Waals surface area contributed by atoms with Crippen LogP contribution in [0.15, 0.2) is 72.8 Å². The van der Waals surface area contributed by atoms with Gasteiger partial charge in [0.1, 0.15) is 5.75 Å². The molecule has 0 bridgehead atoms. The Kier molecular flexibility index (Phi) is 10.7. The molecule has 2 atom stereocenters. The molecule has 0 aromatic heterocycles. The topological polar surface area (TPSA) is 87.7 Å². The first-order valence-electron chi connectivity index (χ1n) is 12.9. The van der Waals surface area contributed by atoms with E-state index >= 15 is 0 Å². The monoisotopic (exact) mass is 549 g/mol. The van der Waals surface area contributed by atoms with Crippen LogP contribution < -0.4 is 15.4 Å². The van der Waals surface area contributed by atoms with Gasteiger partial charge in [0, 0.05) is 49.6 Å². The summed E-state index contributed by atoms with van der Waals surface area (Å²) < 4.78 is 5.66. The zero-order chi connectivity index (χ0) is 27.1. The Morgan fingerprint density at radius 2 is 1.64 bits per heavy atom. The van der Waals surface area contributed by atoms with Crippen molar-refractivity contribution in [2.75, 3.05) is 26.7 Å². The highest BCUT2D eigenvalue weighted by molar-refractivity contribution is 5.94. The van der Waals surface area contributed by atoms with E-state index in [2.05, 4.69) is 28.8 Å². The third kappa shape index (κ3) is 7.68. The fourth-order valence-corrected chi connectivity index (χ4v) is 5.01. The molecule has 1 aliphatic rings. The normalized spacial score (nSPS) is 16.6. The van der Waals surface area contributed by atoms with E-state index in [1.54, 1.807) is 14.0 Å². The van der Waals surface area contributed by atoms with Gasteiger partial charge in [-0.05, 0) is 42.2 Å². The Labute approximate surface area is 236 Å². The van der Waals surface area contributed by atoms with Crippen molar-refractivity contribution in [3.63, 3.8) is 0 Å². The predicted octanol–water partition coefficient (Wildman–Crippen LogP) is 4.60. The molecule has 8 heteroatoms. The number of nitrogens with one attached hydrogen (secondary N) is 2. The van der Waals surface area contributed by atoms with Crippen LogP contribution in [-0.2, 0) is 16.1 Å². The van der Waals surface area contributed by atoms with Crippen molar-refractivity contribution < 1.29 is 19.1 Å². The second kappa shape index (κ2) is 13.9. The zero-order valence-electron chi connectivity index (χ0n) is 22.6. The Hall–Kier alpha value is -3.68. The minimum atomic E-state index is -0.208. The van der Waals surface area contributed by atoms with E-state index in [9.17, 15) is 14.4 Å². The average molecular weight is 550 g/mol. The average Bonchev–Trinajstić information content (AvgIpc) is 2.95. The second-order valence-corrected chi connectivity index (χ2v) is 9.70. The highest BCUT2D eigenvalue weighted by atomic mass is 35.5. The first-order chi connectivity index (χ1) is 18.4. The number of rotatable bonds is 9. The number of likely N-dealkylation sites (tertiary alicyclic amines) is 1. The molecule has 7 nitrogen and oxygen atoms in total. The number of hydrogen-bond acceptors (Lipinski definition) is 5. The summed E-state index contributed by atoms with van der Waals surface area (Å²) in [7, 11) is 1.67. The zero-order valence-corrected chi connectivity index (χ0v) is 23.4. The fraction of sp³-hybridized carbons (Fsp3) is 0.323. The van der Waals surface area contributed by atoms with Gasteiger partial charge in [0.05, 0.1) is 13.7 Å². The molecule has 39 heavy (non-hydrogen) atoms. The summed E-state index contributed by atoms with van der Waals surface area (Å²) in [6.45, 7) is 4.82. The molecule has 2 amide bonds. The summed E-state index contributed by atoms with van der Waals surface area (Å²) in [4.78, 5) is 37.5. The van der Waals surface area contributed by atoms with Crippen LogP contribution >= 0.6 is 12.4 Å². The maximum absolute atomic E-state index is 12.7. The van der Waals surface area contributed by atoms with Crippen LogP contribution in [0.3, 0.4) is 0 Å². The number of amides is 2. The number of ether oxygens (including phenoxy) is 1. The molecule has 0 radical (unpaired) electrons. The van der Waals surface area contributed by atoms with Gasteiger partial charge in [-0.1, -0.05) is 60.7 Å². The number of Topliss-reactive ketones (excluding diaryl/α,β-unsaturated/α-hetero) is 1. The number of carbonyl (C=O) groups is 3. The first kappa shape index (κ1) is 29.9. The van der Waals surface area contributed by atoms with Crippen LogP contribution in [0.5, 0.6) is 5.75 Å². The van der Waals surface area contributed by atoms with Gasteiger partial charge in [-0.3, -0.25) is 14.4 Å². The molecule has 1 saturated heterocycles. The molecule has 1 heterocycles. The molecule has 4 rings (SSSR count). The van der Waals surface area contributed by atoms with E-state index in [4.69, 9.17) is 4.74 Å². The molecule has 0 aliphatic carbocycles. The third-order valence-electron chi connectivity index (χ3n) is 7.14. The van der Waals surface area contributed by atoms with Crippen molar-refractivity contribution in [3.05, 3.63) is 89.5 Å². The van der Waals surface area contributed by atoms with Crippen molar-refractivity contribution >= 4 is 30.0 Å². The number of carbonyl (C=O) groups excluding carboxylic acids is 3. The SMILES string of the molecule is COc1ccc(-c2ccc(C(C)=O)cc2)cc1CN[C@H]1CCN(C(=O)CNC(C)=O)C[C@H]1c1ccccc1.Cl. The van der Waals surface area contributed by atoms with Crippen molar-refractivity contribution in [1.82, 2.24) is 15.5 Å². The highest BCUT2D eigenvalue weighted by Crippen LogP contribution is 2.30. The van der Waals surface area contributed by atoms with E-state index in [0.29, 0.717) is 25.2 Å². The Balaban J connectivity index is 0.00000420. The first-order valence-corrected chi connectivity index (χ1v) is 12.9. The van der Waals surface area contributed by atoms with Gasteiger partial charge in [-0.25, -0.2) is 0 Å². The number of piperidine rings is 1.